The van der Waals surface area contributed by atoms with Crippen molar-refractivity contribution >= 4 is 43.5 Å². The predicted octanol–water partition coefficient (Wildman–Crippen LogP) is 14.2. The first kappa shape index (κ1) is 32.8. The smallest absolute Gasteiger partial charge is 0.0788 e. The maximum atomic E-state index is 5.37. The Balaban J connectivity index is 1.04. The predicted molar refractivity (Wildman–Crippen MR) is 239 cm³/mol. The summed E-state index contributed by atoms with van der Waals surface area (Å²) in [6, 6.07) is 75.5. The van der Waals surface area contributed by atoms with Crippen LogP contribution in [0.4, 0.5) is 0 Å². The molecule has 0 bridgehead atoms. The summed E-state index contributed by atoms with van der Waals surface area (Å²) in [4.78, 5) is 10.5. The molecule has 0 aliphatic carbocycles. The van der Waals surface area contributed by atoms with Crippen LogP contribution in [0.2, 0.25) is 0 Å². The number of aromatic nitrogens is 3. The minimum absolute atomic E-state index is 0.959. The summed E-state index contributed by atoms with van der Waals surface area (Å²) in [5, 5.41) is 6.02. The van der Waals surface area contributed by atoms with E-state index in [1.807, 2.05) is 12.1 Å². The Morgan fingerprint density at radius 3 is 1.56 bits per heavy atom. The molecule has 0 saturated heterocycles. The zero-order valence-electron chi connectivity index (χ0n) is 31.0. The Labute approximate surface area is 330 Å². The molecular weight excluding hydrogens is 691 g/mol. The number of rotatable bonds is 6. The number of para-hydroxylation sites is 3. The van der Waals surface area contributed by atoms with Crippen molar-refractivity contribution < 1.29 is 0 Å². The minimum atomic E-state index is 0.959. The van der Waals surface area contributed by atoms with Crippen molar-refractivity contribution in [3.05, 3.63) is 212 Å². The Morgan fingerprint density at radius 2 is 0.860 bits per heavy atom. The molecule has 8 aromatic carbocycles. The van der Waals surface area contributed by atoms with Crippen molar-refractivity contribution in [1.29, 1.82) is 0 Å². The molecule has 11 rings (SSSR count). The normalized spacial score (nSPS) is 11.5. The van der Waals surface area contributed by atoms with E-state index in [4.69, 9.17) is 9.97 Å². The molecule has 0 N–H and O–H groups in total. The van der Waals surface area contributed by atoms with E-state index in [1.54, 1.807) is 0 Å². The maximum absolute atomic E-state index is 5.37. The summed E-state index contributed by atoms with van der Waals surface area (Å²) in [7, 11) is 0. The van der Waals surface area contributed by atoms with Crippen molar-refractivity contribution in [3.63, 3.8) is 0 Å². The molecule has 0 unspecified atom stereocenters. The van der Waals surface area contributed by atoms with Crippen LogP contribution in [0.5, 0.6) is 0 Å². The van der Waals surface area contributed by atoms with Crippen LogP contribution in [0.3, 0.4) is 0 Å². The molecule has 0 aliphatic heterocycles. The van der Waals surface area contributed by atoms with Gasteiger partial charge in [0.05, 0.1) is 33.6 Å². The van der Waals surface area contributed by atoms with Gasteiger partial charge in [0.1, 0.15) is 0 Å². The highest BCUT2D eigenvalue weighted by Crippen LogP contribution is 2.43. The van der Waals surface area contributed by atoms with Crippen molar-refractivity contribution in [2.45, 2.75) is 0 Å². The number of hydrogen-bond acceptors (Lipinski definition) is 2. The van der Waals surface area contributed by atoms with Gasteiger partial charge in [-0.2, -0.15) is 0 Å². The van der Waals surface area contributed by atoms with Gasteiger partial charge in [0.15, 0.2) is 0 Å². The highest BCUT2D eigenvalue weighted by atomic mass is 15.0. The average molecular weight is 726 g/mol. The van der Waals surface area contributed by atoms with Crippen LogP contribution in [-0.2, 0) is 0 Å². The molecule has 0 aliphatic rings. The Bertz CT molecular complexity index is 3200. The summed E-state index contributed by atoms with van der Waals surface area (Å²) in [6.45, 7) is 0. The summed E-state index contributed by atoms with van der Waals surface area (Å²) >= 11 is 0. The lowest BCUT2D eigenvalue weighted by molar-refractivity contribution is 1.18. The van der Waals surface area contributed by atoms with Crippen molar-refractivity contribution in [1.82, 2.24) is 14.5 Å². The van der Waals surface area contributed by atoms with E-state index in [9.17, 15) is 0 Å². The largest absolute Gasteiger partial charge is 0.309 e. The fourth-order valence-electron chi connectivity index (χ4n) is 8.49. The third-order valence-electron chi connectivity index (χ3n) is 11.2. The Hall–Kier alpha value is -7.62. The van der Waals surface area contributed by atoms with E-state index in [-0.39, 0.29) is 0 Å². The number of fused-ring (bicyclic) bond motifs is 7. The molecule has 0 saturated carbocycles. The summed E-state index contributed by atoms with van der Waals surface area (Å²) in [5.41, 5.74) is 15.3. The van der Waals surface area contributed by atoms with E-state index in [0.717, 1.165) is 78.0 Å². The Kier molecular flexibility index (Phi) is 7.82. The lowest BCUT2D eigenvalue weighted by atomic mass is 9.94. The molecule has 3 heteroatoms. The van der Waals surface area contributed by atoms with Gasteiger partial charge < -0.3 is 4.57 Å². The summed E-state index contributed by atoms with van der Waals surface area (Å²) < 4.78 is 2.39. The number of pyridine rings is 2. The third-order valence-corrected chi connectivity index (χ3v) is 11.2. The van der Waals surface area contributed by atoms with Crippen LogP contribution >= 0.6 is 0 Å². The standard InChI is InChI=1S/C54H35N3/c1-4-15-38(16-5-1)48-34-42(35-49(55-48)39-17-6-2-7-18-39)37-29-27-36(28-30-37)40-19-14-20-41(33-40)54-46-31-32-51-53(52(46)44-23-10-12-25-47(44)56-54)45-24-11-13-26-50(45)57(51)43-21-8-3-9-22-43/h1-35H. The van der Waals surface area contributed by atoms with Crippen LogP contribution < -0.4 is 0 Å². The van der Waals surface area contributed by atoms with E-state index in [2.05, 4.69) is 205 Å². The molecule has 0 radical (unpaired) electrons. The molecule has 57 heavy (non-hydrogen) atoms. The van der Waals surface area contributed by atoms with Crippen molar-refractivity contribution in [3.8, 4) is 61.7 Å². The van der Waals surface area contributed by atoms with Crippen LogP contribution in [0.15, 0.2) is 212 Å². The van der Waals surface area contributed by atoms with Crippen molar-refractivity contribution in [2.75, 3.05) is 0 Å². The van der Waals surface area contributed by atoms with Gasteiger partial charge in [-0.1, -0.05) is 164 Å². The first-order valence-electron chi connectivity index (χ1n) is 19.4. The summed E-state index contributed by atoms with van der Waals surface area (Å²) in [6.07, 6.45) is 0. The van der Waals surface area contributed by atoms with Gasteiger partial charge in [0.2, 0.25) is 0 Å². The first-order chi connectivity index (χ1) is 28.3. The van der Waals surface area contributed by atoms with Crippen LogP contribution in [0.1, 0.15) is 0 Å². The Morgan fingerprint density at radius 1 is 0.298 bits per heavy atom. The molecule has 11 aromatic rings. The molecule has 0 spiro atoms. The lowest BCUT2D eigenvalue weighted by Crippen LogP contribution is -1.94. The maximum Gasteiger partial charge on any atom is 0.0788 e. The monoisotopic (exact) mass is 725 g/mol. The van der Waals surface area contributed by atoms with Crippen LogP contribution in [-0.4, -0.2) is 14.5 Å². The molecule has 266 valence electrons. The van der Waals surface area contributed by atoms with Gasteiger partial charge in [-0.15, -0.1) is 0 Å². The fourth-order valence-corrected chi connectivity index (χ4v) is 8.49. The lowest BCUT2D eigenvalue weighted by Gasteiger charge is -2.14. The van der Waals surface area contributed by atoms with E-state index >= 15 is 0 Å². The zero-order chi connectivity index (χ0) is 37.7. The zero-order valence-corrected chi connectivity index (χ0v) is 31.0. The molecule has 0 atom stereocenters. The second-order valence-corrected chi connectivity index (χ2v) is 14.6. The van der Waals surface area contributed by atoms with Gasteiger partial charge in [0.25, 0.3) is 0 Å². The minimum Gasteiger partial charge on any atom is -0.309 e. The van der Waals surface area contributed by atoms with Gasteiger partial charge in [-0.3, -0.25) is 0 Å². The molecule has 3 heterocycles. The highest BCUT2D eigenvalue weighted by molar-refractivity contribution is 6.29. The van der Waals surface area contributed by atoms with E-state index in [0.29, 0.717) is 0 Å². The second-order valence-electron chi connectivity index (χ2n) is 14.6. The van der Waals surface area contributed by atoms with Gasteiger partial charge in [0, 0.05) is 49.3 Å². The quantitative estimate of drug-likeness (QED) is 0.160. The number of benzene rings is 8. The van der Waals surface area contributed by atoms with Gasteiger partial charge in [-0.05, 0) is 70.8 Å². The van der Waals surface area contributed by atoms with Crippen LogP contribution in [0.25, 0.3) is 105 Å². The summed E-state index contributed by atoms with van der Waals surface area (Å²) in [5.74, 6) is 0. The number of hydrogen-bond donors (Lipinski definition) is 0. The molecule has 0 fully saturated rings. The third kappa shape index (κ3) is 5.68. The second kappa shape index (κ2) is 13.6. The molecular formula is C54H35N3. The van der Waals surface area contributed by atoms with Gasteiger partial charge in [-0.25, -0.2) is 9.97 Å². The molecule has 3 nitrogen and oxygen atoms in total. The first-order valence-corrected chi connectivity index (χ1v) is 19.4. The van der Waals surface area contributed by atoms with Gasteiger partial charge >= 0.3 is 0 Å². The average Bonchev–Trinajstić information content (AvgIpc) is 3.64. The molecule has 3 aromatic heterocycles. The van der Waals surface area contributed by atoms with E-state index < -0.39 is 0 Å². The van der Waals surface area contributed by atoms with Crippen molar-refractivity contribution in [2.24, 2.45) is 0 Å². The van der Waals surface area contributed by atoms with E-state index in [1.165, 1.54) is 27.2 Å². The molecule has 0 amide bonds. The highest BCUT2D eigenvalue weighted by Gasteiger charge is 2.19. The number of nitrogens with zero attached hydrogens (tertiary/aromatic N) is 3. The SMILES string of the molecule is c1ccc(-c2cc(-c3ccc(-c4cccc(-c5nc6ccccc6c6c5ccc5c6c6ccccc6n5-c5ccccc5)c4)cc3)cc(-c3ccccc3)n2)cc1. The fraction of sp³-hybridized carbons (Fsp3) is 0. The van der Waals surface area contributed by atoms with Crippen LogP contribution in [0, 0.1) is 0 Å². The topological polar surface area (TPSA) is 30.7 Å².